The molecule has 0 aliphatic rings. The van der Waals surface area contributed by atoms with E-state index in [9.17, 15) is 4.79 Å². The number of aromatic amines is 2. The molecule has 0 aliphatic carbocycles. The van der Waals surface area contributed by atoms with E-state index >= 15 is 0 Å². The fourth-order valence-electron chi connectivity index (χ4n) is 1.22. The van der Waals surface area contributed by atoms with Crippen LogP contribution in [-0.2, 0) is 0 Å². The molecule has 0 amide bonds. The van der Waals surface area contributed by atoms with Crippen molar-refractivity contribution in [3.05, 3.63) is 33.3 Å². The first kappa shape index (κ1) is 7.43. The number of pyridine rings is 1. The quantitative estimate of drug-likeness (QED) is 0.642. The van der Waals surface area contributed by atoms with Gasteiger partial charge in [-0.2, -0.15) is 0 Å². The second kappa shape index (κ2) is 2.38. The molecule has 2 aromatic rings. The van der Waals surface area contributed by atoms with Gasteiger partial charge in [-0.1, -0.05) is 11.6 Å². The van der Waals surface area contributed by atoms with Gasteiger partial charge in [0.25, 0.3) is 0 Å². The molecule has 2 aromatic heterocycles. The fraction of sp³-hybridized carbons (Fsp3) is 0.125. The van der Waals surface area contributed by atoms with Crippen molar-refractivity contribution < 1.29 is 0 Å². The molecule has 0 aliphatic heterocycles. The number of aromatic nitrogens is 2. The molecule has 0 saturated carbocycles. The van der Waals surface area contributed by atoms with Crippen LogP contribution in [0.3, 0.4) is 0 Å². The minimum atomic E-state index is -0.125. The van der Waals surface area contributed by atoms with Gasteiger partial charge in [0, 0.05) is 23.3 Å². The molecule has 62 valence electrons. The highest BCUT2D eigenvalue weighted by molar-refractivity contribution is 6.36. The van der Waals surface area contributed by atoms with Crippen LogP contribution in [0.25, 0.3) is 10.9 Å². The molecule has 0 aromatic carbocycles. The van der Waals surface area contributed by atoms with Gasteiger partial charge in [0.1, 0.15) is 0 Å². The Morgan fingerprint density at radius 3 is 3.00 bits per heavy atom. The first-order valence-electron chi connectivity index (χ1n) is 3.55. The number of hydrogen-bond donors (Lipinski definition) is 2. The van der Waals surface area contributed by atoms with E-state index in [4.69, 9.17) is 11.6 Å². The van der Waals surface area contributed by atoms with Crippen LogP contribution in [0.1, 0.15) is 5.69 Å². The number of H-pyrrole nitrogens is 2. The third-order valence-corrected chi connectivity index (χ3v) is 2.30. The highest BCUT2D eigenvalue weighted by atomic mass is 35.5. The summed E-state index contributed by atoms with van der Waals surface area (Å²) in [6, 6.07) is 1.49. The topological polar surface area (TPSA) is 48.6 Å². The first-order valence-corrected chi connectivity index (χ1v) is 3.93. The number of halogens is 1. The molecular weight excluding hydrogens is 176 g/mol. The zero-order valence-corrected chi connectivity index (χ0v) is 7.20. The summed E-state index contributed by atoms with van der Waals surface area (Å²) in [5.41, 5.74) is 1.53. The maximum Gasteiger partial charge on any atom is 0.250 e. The molecule has 0 radical (unpaired) electrons. The number of hydrogen-bond acceptors (Lipinski definition) is 1. The number of nitrogens with one attached hydrogen (secondary N) is 2. The van der Waals surface area contributed by atoms with Gasteiger partial charge in [-0.3, -0.25) is 4.79 Å². The van der Waals surface area contributed by atoms with Crippen molar-refractivity contribution in [2.75, 3.05) is 0 Å². The highest BCUT2D eigenvalue weighted by Crippen LogP contribution is 2.24. The summed E-state index contributed by atoms with van der Waals surface area (Å²) in [4.78, 5) is 16.5. The molecule has 12 heavy (non-hydrogen) atoms. The highest BCUT2D eigenvalue weighted by Gasteiger charge is 2.04. The van der Waals surface area contributed by atoms with Crippen molar-refractivity contribution in [2.45, 2.75) is 6.92 Å². The van der Waals surface area contributed by atoms with Crippen LogP contribution in [0, 0.1) is 6.92 Å². The fourth-order valence-corrected chi connectivity index (χ4v) is 1.42. The minimum Gasteiger partial charge on any atom is -0.357 e. The lowest BCUT2D eigenvalue weighted by Gasteiger charge is -1.86. The lowest BCUT2D eigenvalue weighted by atomic mass is 10.3. The molecule has 0 fully saturated rings. The van der Waals surface area contributed by atoms with Crippen molar-refractivity contribution in [1.29, 1.82) is 0 Å². The number of rotatable bonds is 0. The maximum atomic E-state index is 10.9. The van der Waals surface area contributed by atoms with Gasteiger partial charge in [0.15, 0.2) is 0 Å². The van der Waals surface area contributed by atoms with E-state index in [2.05, 4.69) is 9.97 Å². The summed E-state index contributed by atoms with van der Waals surface area (Å²) >= 11 is 5.94. The van der Waals surface area contributed by atoms with Crippen molar-refractivity contribution in [2.24, 2.45) is 0 Å². The van der Waals surface area contributed by atoms with Crippen LogP contribution in [0.5, 0.6) is 0 Å². The van der Waals surface area contributed by atoms with E-state index in [-0.39, 0.29) is 5.56 Å². The molecule has 2 heterocycles. The minimum absolute atomic E-state index is 0.125. The van der Waals surface area contributed by atoms with E-state index in [0.717, 1.165) is 16.6 Å². The van der Waals surface area contributed by atoms with Crippen molar-refractivity contribution >= 4 is 22.5 Å². The summed E-state index contributed by atoms with van der Waals surface area (Å²) in [5.74, 6) is 0. The monoisotopic (exact) mass is 182 g/mol. The van der Waals surface area contributed by atoms with E-state index < -0.39 is 0 Å². The molecule has 4 heteroatoms. The third-order valence-electron chi connectivity index (χ3n) is 1.81. The van der Waals surface area contributed by atoms with Gasteiger partial charge < -0.3 is 9.97 Å². The lowest BCUT2D eigenvalue weighted by Crippen LogP contribution is -2.00. The molecule has 0 spiro atoms. The normalized spacial score (nSPS) is 10.8. The number of aryl methyl sites for hydroxylation is 1. The van der Waals surface area contributed by atoms with E-state index in [1.54, 1.807) is 6.20 Å². The van der Waals surface area contributed by atoms with Crippen molar-refractivity contribution in [1.82, 2.24) is 9.97 Å². The second-order valence-electron chi connectivity index (χ2n) is 2.69. The Balaban J connectivity index is 2.96. The SMILES string of the molecule is Cc1[nH]c2cc(=O)[nH]cc2c1Cl. The predicted molar refractivity (Wildman–Crippen MR) is 48.7 cm³/mol. The Morgan fingerprint density at radius 2 is 2.25 bits per heavy atom. The summed E-state index contributed by atoms with van der Waals surface area (Å²) < 4.78 is 0. The molecule has 2 rings (SSSR count). The molecule has 0 bridgehead atoms. The van der Waals surface area contributed by atoms with E-state index in [1.807, 2.05) is 6.92 Å². The average Bonchev–Trinajstić information content (AvgIpc) is 2.28. The molecular formula is C8H7ClN2O. The first-order chi connectivity index (χ1) is 5.68. The summed E-state index contributed by atoms with van der Waals surface area (Å²) in [7, 11) is 0. The number of fused-ring (bicyclic) bond motifs is 1. The molecule has 0 atom stereocenters. The summed E-state index contributed by atoms with van der Waals surface area (Å²) in [5, 5.41) is 1.52. The third kappa shape index (κ3) is 0.940. The van der Waals surface area contributed by atoms with Crippen LogP contribution in [-0.4, -0.2) is 9.97 Å². The van der Waals surface area contributed by atoms with Gasteiger partial charge in [-0.15, -0.1) is 0 Å². The molecule has 2 N–H and O–H groups in total. The maximum absolute atomic E-state index is 10.9. The summed E-state index contributed by atoms with van der Waals surface area (Å²) in [6.07, 6.45) is 1.61. The summed E-state index contributed by atoms with van der Waals surface area (Å²) in [6.45, 7) is 1.87. The Morgan fingerprint density at radius 1 is 1.50 bits per heavy atom. The Hall–Kier alpha value is -1.22. The smallest absolute Gasteiger partial charge is 0.250 e. The lowest BCUT2D eigenvalue weighted by molar-refractivity contribution is 1.25. The van der Waals surface area contributed by atoms with Crippen LogP contribution in [0.2, 0.25) is 5.02 Å². The van der Waals surface area contributed by atoms with Crippen molar-refractivity contribution in [3.63, 3.8) is 0 Å². The molecule has 0 unspecified atom stereocenters. The predicted octanol–water partition coefficient (Wildman–Crippen LogP) is 1.82. The largest absolute Gasteiger partial charge is 0.357 e. The second-order valence-corrected chi connectivity index (χ2v) is 3.07. The van der Waals surface area contributed by atoms with Gasteiger partial charge in [-0.25, -0.2) is 0 Å². The van der Waals surface area contributed by atoms with Gasteiger partial charge in [-0.05, 0) is 6.92 Å². The van der Waals surface area contributed by atoms with Crippen LogP contribution in [0.4, 0.5) is 0 Å². The van der Waals surface area contributed by atoms with Gasteiger partial charge >= 0.3 is 0 Å². The standard InChI is InChI=1S/C8H7ClN2O/c1-4-8(9)5-3-10-7(12)2-6(5)11-4/h2-3,11H,1H3,(H,10,12). The Labute approximate surface area is 73.4 Å². The van der Waals surface area contributed by atoms with Gasteiger partial charge in [0.2, 0.25) is 5.56 Å². The van der Waals surface area contributed by atoms with Gasteiger partial charge in [0.05, 0.1) is 10.5 Å². The molecule has 0 saturated heterocycles. The van der Waals surface area contributed by atoms with Crippen LogP contribution in [0.15, 0.2) is 17.1 Å². The Kier molecular flexibility index (Phi) is 1.48. The van der Waals surface area contributed by atoms with E-state index in [1.165, 1.54) is 6.07 Å². The van der Waals surface area contributed by atoms with Crippen LogP contribution < -0.4 is 5.56 Å². The van der Waals surface area contributed by atoms with Crippen LogP contribution >= 0.6 is 11.6 Å². The average molecular weight is 183 g/mol. The molecule has 3 nitrogen and oxygen atoms in total. The van der Waals surface area contributed by atoms with E-state index in [0.29, 0.717) is 5.02 Å². The van der Waals surface area contributed by atoms with Crippen molar-refractivity contribution in [3.8, 4) is 0 Å². The zero-order chi connectivity index (χ0) is 8.72. The Bertz CT molecular complexity index is 483. The zero-order valence-electron chi connectivity index (χ0n) is 6.44.